The van der Waals surface area contributed by atoms with Gasteiger partial charge >= 0.3 is 5.97 Å². The average molecular weight is 641 g/mol. The summed E-state index contributed by atoms with van der Waals surface area (Å²) in [5.74, 6) is -9.35. The van der Waals surface area contributed by atoms with Crippen LogP contribution in [0.3, 0.4) is 0 Å². The monoisotopic (exact) mass is 640 g/mol. The summed E-state index contributed by atoms with van der Waals surface area (Å²) in [5.41, 5.74) is -5.42. The highest BCUT2D eigenvalue weighted by Gasteiger charge is 2.48. The number of benzene rings is 3. The van der Waals surface area contributed by atoms with E-state index >= 15 is 13.2 Å². The van der Waals surface area contributed by atoms with Gasteiger partial charge in [-0.2, -0.15) is 10.5 Å². The van der Waals surface area contributed by atoms with Gasteiger partial charge < -0.3 is 24.4 Å². The topological polar surface area (TPSA) is 150 Å². The minimum atomic E-state index is -3.78. The van der Waals surface area contributed by atoms with E-state index in [1.807, 2.05) is 9.80 Å². The Kier molecular flexibility index (Phi) is 7.67. The Bertz CT molecular complexity index is 1730. The van der Waals surface area contributed by atoms with Crippen LogP contribution >= 0.6 is 10.6 Å². The van der Waals surface area contributed by atoms with Gasteiger partial charge in [-0.3, -0.25) is 9.11 Å². The molecule has 45 heavy (non-hydrogen) atoms. The van der Waals surface area contributed by atoms with Gasteiger partial charge in [0.05, 0.1) is 15.4 Å². The van der Waals surface area contributed by atoms with Crippen molar-refractivity contribution in [1.29, 1.82) is 10.5 Å². The van der Waals surface area contributed by atoms with E-state index in [0.717, 1.165) is 20.0 Å². The lowest BCUT2D eigenvalue weighted by Crippen LogP contribution is -2.37. The molecule has 0 aromatic heterocycles. The molecule has 6 rings (SSSR count). The number of carboxylic acid groups (broad SMARTS) is 1. The maximum absolute atomic E-state index is 16.9. The number of nitriles is 2. The first-order valence-electron chi connectivity index (χ1n) is 14.0. The van der Waals surface area contributed by atoms with E-state index < -0.39 is 69.0 Å². The van der Waals surface area contributed by atoms with Crippen LogP contribution in [-0.2, 0) is 15.1 Å². The molecule has 0 radical (unpaired) electrons. The Morgan fingerprint density at radius 2 is 1.44 bits per heavy atom. The maximum atomic E-state index is 16.9. The van der Waals surface area contributed by atoms with Gasteiger partial charge in [0.1, 0.15) is 30.3 Å². The molecule has 0 atom stereocenters. The van der Waals surface area contributed by atoms with E-state index in [4.69, 9.17) is 9.47 Å². The van der Waals surface area contributed by atoms with Gasteiger partial charge in [-0.25, -0.2) is 18.0 Å². The van der Waals surface area contributed by atoms with Crippen molar-refractivity contribution in [1.82, 2.24) is 0 Å². The molecule has 234 valence electrons. The number of ether oxygens (including phenoxy) is 2. The Morgan fingerprint density at radius 1 is 0.933 bits per heavy atom. The van der Waals surface area contributed by atoms with Crippen LogP contribution in [0.2, 0.25) is 0 Å². The van der Waals surface area contributed by atoms with Crippen molar-refractivity contribution in [2.24, 2.45) is 0 Å². The number of carboxylic acids is 1. The van der Waals surface area contributed by atoms with Gasteiger partial charge in [0, 0.05) is 56.1 Å². The van der Waals surface area contributed by atoms with Crippen LogP contribution in [0.25, 0.3) is 0 Å². The highest BCUT2D eigenvalue weighted by molar-refractivity contribution is 8.24. The average Bonchev–Trinajstić information content (AvgIpc) is 2.96. The number of methoxy groups -OCH3 is 1. The van der Waals surface area contributed by atoms with E-state index in [2.05, 4.69) is 0 Å². The number of halogens is 3. The molecule has 3 aromatic rings. The summed E-state index contributed by atoms with van der Waals surface area (Å²) in [4.78, 5) is 16.4. The first kappa shape index (κ1) is 30.7. The number of carbonyl (C=O) groups is 1. The van der Waals surface area contributed by atoms with Crippen molar-refractivity contribution < 1.29 is 41.7 Å². The second kappa shape index (κ2) is 11.2. The van der Waals surface area contributed by atoms with Crippen LogP contribution in [0.15, 0.2) is 46.2 Å². The summed E-state index contributed by atoms with van der Waals surface area (Å²) in [5, 5.41) is 29.9. The van der Waals surface area contributed by atoms with Crippen molar-refractivity contribution in [3.8, 4) is 12.1 Å². The van der Waals surface area contributed by atoms with E-state index in [1.54, 1.807) is 12.1 Å². The van der Waals surface area contributed by atoms with Crippen LogP contribution in [-0.4, -0.2) is 60.3 Å². The highest BCUT2D eigenvalue weighted by atomic mass is 32.3. The lowest BCUT2D eigenvalue weighted by Gasteiger charge is -2.45. The lowest BCUT2D eigenvalue weighted by molar-refractivity contribution is -0.0861. The molecule has 3 aromatic carbocycles. The van der Waals surface area contributed by atoms with Crippen molar-refractivity contribution in [3.63, 3.8) is 0 Å². The fourth-order valence-electron chi connectivity index (χ4n) is 6.04. The van der Waals surface area contributed by atoms with E-state index in [0.29, 0.717) is 37.6 Å². The first-order valence-corrected chi connectivity index (χ1v) is 15.5. The molecule has 14 heteroatoms. The molecule has 0 bridgehead atoms. The SMILES string of the molecule is COCOC(C#N)(C#N)c1c(F)c(F)c(C(=O)O)c(C2c3ccc(N4CCC4)cc3S(O)(O)c3cc(N4CCC4)ccc32)c1F. The molecule has 0 unspecified atom stereocenters. The Hall–Kier alpha value is -4.31. The number of fused-ring (bicyclic) bond motifs is 2. The lowest BCUT2D eigenvalue weighted by atomic mass is 9.79. The van der Waals surface area contributed by atoms with Crippen molar-refractivity contribution in [2.45, 2.75) is 34.2 Å². The summed E-state index contributed by atoms with van der Waals surface area (Å²) in [6.45, 7) is 2.08. The number of hydrogen-bond donors (Lipinski definition) is 3. The van der Waals surface area contributed by atoms with Crippen LogP contribution in [0.4, 0.5) is 24.5 Å². The number of aromatic carboxylic acids is 1. The van der Waals surface area contributed by atoms with Gasteiger partial charge in [0.2, 0.25) is 0 Å². The van der Waals surface area contributed by atoms with Crippen molar-refractivity contribution in [2.75, 3.05) is 49.9 Å². The zero-order chi connectivity index (χ0) is 32.3. The molecule has 10 nitrogen and oxygen atoms in total. The first-order chi connectivity index (χ1) is 21.5. The number of rotatable bonds is 8. The molecule has 3 N–H and O–H groups in total. The van der Waals surface area contributed by atoms with Crippen molar-refractivity contribution >= 4 is 27.9 Å². The van der Waals surface area contributed by atoms with E-state index in [1.165, 1.54) is 36.4 Å². The molecular formula is C31H27F3N4O6S. The fraction of sp³-hybridized carbons (Fsp3) is 0.323. The quantitative estimate of drug-likeness (QED) is 0.205. The maximum Gasteiger partial charge on any atom is 0.339 e. The Labute approximate surface area is 257 Å². The van der Waals surface area contributed by atoms with Gasteiger partial charge in [-0.05, 0) is 48.2 Å². The van der Waals surface area contributed by atoms with Crippen LogP contribution in [0.1, 0.15) is 51.4 Å². The van der Waals surface area contributed by atoms with E-state index in [9.17, 15) is 29.5 Å². The largest absolute Gasteiger partial charge is 0.478 e. The number of hydrogen-bond acceptors (Lipinski definition) is 9. The standard InChI is InChI=1S/C31H27F3N4O6S/c1-43-16-44-31(14-35,15-36)26-27(32)24(25(30(39)40)28(33)29(26)34)23-19-6-4-17(37-8-2-9-37)12-21(19)45(41,42)22-13-18(5-7-20(22)23)38-10-3-11-38/h4-7,12-13,23,41-42H,2-3,8-11,16H2,1H3,(H,39,40). The number of anilines is 2. The van der Waals surface area contributed by atoms with Crippen LogP contribution < -0.4 is 9.80 Å². The fourth-order valence-corrected chi connectivity index (χ4v) is 7.88. The zero-order valence-corrected chi connectivity index (χ0v) is 24.7. The van der Waals surface area contributed by atoms with Gasteiger partial charge in [-0.1, -0.05) is 12.1 Å². The molecule has 0 saturated carbocycles. The van der Waals surface area contributed by atoms with Gasteiger partial charge in [-0.15, -0.1) is 10.6 Å². The third-order valence-corrected chi connectivity index (χ3v) is 10.5. The predicted octanol–water partition coefficient (Wildman–Crippen LogP) is 5.75. The highest BCUT2D eigenvalue weighted by Crippen LogP contribution is 2.66. The summed E-state index contributed by atoms with van der Waals surface area (Å²) < 4.78 is 81.8. The molecule has 0 amide bonds. The summed E-state index contributed by atoms with van der Waals surface area (Å²) in [6.07, 6.45) is 1.85. The Morgan fingerprint density at radius 3 is 1.84 bits per heavy atom. The van der Waals surface area contributed by atoms with Crippen molar-refractivity contribution in [3.05, 3.63) is 81.7 Å². The molecule has 2 saturated heterocycles. The molecule has 3 aliphatic rings. The second-order valence-corrected chi connectivity index (χ2v) is 13.0. The molecular weight excluding hydrogens is 613 g/mol. The van der Waals surface area contributed by atoms with E-state index in [-0.39, 0.29) is 20.9 Å². The zero-order valence-electron chi connectivity index (χ0n) is 23.9. The molecule has 0 spiro atoms. The third-order valence-electron chi connectivity index (χ3n) is 8.59. The smallest absolute Gasteiger partial charge is 0.339 e. The molecule has 3 heterocycles. The third kappa shape index (κ3) is 4.60. The minimum absolute atomic E-state index is 0.0327. The van der Waals surface area contributed by atoms with Gasteiger partial charge in [0.15, 0.2) is 11.6 Å². The Balaban J connectivity index is 1.70. The molecule has 0 aliphatic carbocycles. The second-order valence-electron chi connectivity index (χ2n) is 11.0. The van der Waals surface area contributed by atoms with Crippen LogP contribution in [0.5, 0.6) is 0 Å². The summed E-state index contributed by atoms with van der Waals surface area (Å²) in [6, 6.07) is 12.1. The van der Waals surface area contributed by atoms with Gasteiger partial charge in [0.25, 0.3) is 5.60 Å². The number of nitrogens with zero attached hydrogens (tertiary/aromatic N) is 4. The summed E-state index contributed by atoms with van der Waals surface area (Å²) in [7, 11) is -2.66. The molecule has 3 aliphatic heterocycles. The normalized spacial score (nSPS) is 17.7. The molecule has 2 fully saturated rings. The minimum Gasteiger partial charge on any atom is -0.478 e. The summed E-state index contributed by atoms with van der Waals surface area (Å²) >= 11 is 0. The van der Waals surface area contributed by atoms with Crippen LogP contribution in [0, 0.1) is 40.1 Å². The predicted molar refractivity (Wildman–Crippen MR) is 156 cm³/mol.